The van der Waals surface area contributed by atoms with E-state index in [2.05, 4.69) is 66.1 Å². The minimum absolute atomic E-state index is 0.198. The average Bonchev–Trinajstić information content (AvgIpc) is 3.09. The molecule has 106 valence electrons. The van der Waals surface area contributed by atoms with Crippen molar-refractivity contribution in [3.63, 3.8) is 0 Å². The van der Waals surface area contributed by atoms with Crippen molar-refractivity contribution in [3.8, 4) is 0 Å². The monoisotopic (exact) mass is 272 g/mol. The molecule has 6 heteroatoms. The van der Waals surface area contributed by atoms with Gasteiger partial charge in [-0.1, -0.05) is 27.7 Å². The van der Waals surface area contributed by atoms with Crippen molar-refractivity contribution in [1.29, 1.82) is 0 Å². The summed E-state index contributed by atoms with van der Waals surface area (Å²) >= 11 is 1.85. The lowest BCUT2D eigenvalue weighted by molar-refractivity contribution is 0.344. The van der Waals surface area contributed by atoms with E-state index in [9.17, 15) is 0 Å². The molecule has 0 saturated carbocycles. The third-order valence-corrected chi connectivity index (χ3v) is 4.62. The molecule has 1 aromatic rings. The zero-order chi connectivity index (χ0) is 13.9. The smallest absolute Gasteiger partial charge is 0.307 e. The summed E-state index contributed by atoms with van der Waals surface area (Å²) in [4.78, 5) is 5.04. The predicted molar refractivity (Wildman–Crippen MR) is 82.3 cm³/mol. The van der Waals surface area contributed by atoms with E-state index in [0.717, 1.165) is 26.2 Å². The second-order valence-electron chi connectivity index (χ2n) is 5.62. The van der Waals surface area contributed by atoms with Crippen LogP contribution < -0.4 is 0 Å². The van der Waals surface area contributed by atoms with Crippen LogP contribution in [-0.4, -0.2) is 51.0 Å². The van der Waals surface area contributed by atoms with Gasteiger partial charge < -0.3 is 9.62 Å². The molecule has 0 aliphatic rings. The van der Waals surface area contributed by atoms with E-state index in [1.165, 1.54) is 0 Å². The summed E-state index contributed by atoms with van der Waals surface area (Å²) in [7, 11) is 0.388. The molecule has 0 N–H and O–H groups in total. The summed E-state index contributed by atoms with van der Waals surface area (Å²) in [6.07, 6.45) is 0. The molecular formula is C12H29BN4S. The van der Waals surface area contributed by atoms with Gasteiger partial charge in [-0.25, -0.2) is 8.05 Å². The molecule has 1 heterocycles. The largest absolute Gasteiger partial charge is 0.470 e. The molecule has 4 nitrogen and oxygen atoms in total. The lowest BCUT2D eigenvalue weighted by Crippen LogP contribution is -2.56. The second-order valence-corrected chi connectivity index (χ2v) is 6.50. The molecule has 0 unspecified atom stereocenters. The molecule has 0 aromatic carbocycles. The van der Waals surface area contributed by atoms with Crippen molar-refractivity contribution < 1.29 is 0 Å². The summed E-state index contributed by atoms with van der Waals surface area (Å²) < 4.78 is 4.80. The first-order chi connectivity index (χ1) is 8.40. The number of hydrogen-bond donors (Lipinski definition) is 0. The molecule has 0 atom stereocenters. The van der Waals surface area contributed by atoms with Gasteiger partial charge in [0.1, 0.15) is 0 Å². The van der Waals surface area contributed by atoms with Crippen molar-refractivity contribution in [2.24, 2.45) is 0 Å². The van der Waals surface area contributed by atoms with Gasteiger partial charge in [0.25, 0.3) is 0 Å². The van der Waals surface area contributed by atoms with Crippen molar-refractivity contribution in [2.75, 3.05) is 26.2 Å². The highest BCUT2D eigenvalue weighted by atomic mass is 32.1. The Morgan fingerprint density at radius 3 is 1.50 bits per heavy atom. The number of nitrogens with zero attached hydrogens (tertiary/aromatic N) is 4. The first-order valence-corrected chi connectivity index (χ1v) is 7.89. The van der Waals surface area contributed by atoms with Crippen LogP contribution in [0.5, 0.6) is 0 Å². The molecule has 0 aliphatic carbocycles. The highest BCUT2D eigenvalue weighted by molar-refractivity contribution is 7.09. The Kier molecular flexibility index (Phi) is 5.55. The quantitative estimate of drug-likeness (QED) is 0.709. The van der Waals surface area contributed by atoms with Gasteiger partial charge in [0.15, 0.2) is 0 Å². The van der Waals surface area contributed by atoms with E-state index in [-0.39, 0.29) is 5.54 Å². The van der Waals surface area contributed by atoms with Crippen molar-refractivity contribution >= 4 is 18.8 Å². The van der Waals surface area contributed by atoms with Crippen LogP contribution in [0.4, 0.5) is 0 Å². The summed E-state index contributed by atoms with van der Waals surface area (Å²) in [5.41, 5.74) is 0.198. The molecule has 1 rings (SSSR count). The predicted octanol–water partition coefficient (Wildman–Crippen LogP) is 2.62. The summed E-state index contributed by atoms with van der Waals surface area (Å²) in [5.74, 6) is 0. The van der Waals surface area contributed by atoms with Crippen LogP contribution in [0.25, 0.3) is 0 Å². The summed E-state index contributed by atoms with van der Waals surface area (Å²) in [6.45, 7) is 20.1. The Hall–Kier alpha value is -0.195. The fraction of sp³-hybridized carbons (Fsp3) is 1.00. The van der Waals surface area contributed by atoms with E-state index in [1.54, 1.807) is 0 Å². The topological polar surface area (TPSA) is 16.3 Å². The van der Waals surface area contributed by atoms with Crippen molar-refractivity contribution in [3.05, 3.63) is 0 Å². The molecule has 0 spiro atoms. The van der Waals surface area contributed by atoms with Gasteiger partial charge in [0, 0.05) is 11.7 Å². The van der Waals surface area contributed by atoms with Crippen molar-refractivity contribution in [1.82, 2.24) is 17.7 Å². The van der Waals surface area contributed by atoms with E-state index in [4.69, 9.17) is 0 Å². The average molecular weight is 272 g/mol. The third kappa shape index (κ3) is 3.42. The lowest BCUT2D eigenvalue weighted by Gasteiger charge is -2.32. The minimum Gasteiger partial charge on any atom is -0.307 e. The molecule has 18 heavy (non-hydrogen) atoms. The van der Waals surface area contributed by atoms with Gasteiger partial charge in [-0.05, 0) is 47.0 Å². The summed E-state index contributed by atoms with van der Waals surface area (Å²) in [6, 6.07) is 0. The van der Waals surface area contributed by atoms with Gasteiger partial charge in [-0.15, -0.1) is 0 Å². The maximum absolute atomic E-state index is 2.52. The molecule has 1 aromatic heterocycles. The van der Waals surface area contributed by atoms with Crippen LogP contribution in [0.3, 0.4) is 0 Å². The van der Waals surface area contributed by atoms with Gasteiger partial charge in [0.05, 0.1) is 5.54 Å². The maximum atomic E-state index is 2.52. The fourth-order valence-corrected chi connectivity index (χ4v) is 3.28. The van der Waals surface area contributed by atoms with Crippen LogP contribution in [0, 0.1) is 0 Å². The van der Waals surface area contributed by atoms with Gasteiger partial charge >= 0.3 is 7.12 Å². The highest BCUT2D eigenvalue weighted by Crippen LogP contribution is 2.25. The van der Waals surface area contributed by atoms with Crippen LogP contribution in [0.15, 0.2) is 0 Å². The van der Waals surface area contributed by atoms with Crippen LogP contribution in [0.1, 0.15) is 48.5 Å². The highest BCUT2D eigenvalue weighted by Gasteiger charge is 2.38. The van der Waals surface area contributed by atoms with E-state index >= 15 is 0 Å². The molecule has 0 aliphatic heterocycles. The first-order valence-electron chi connectivity index (χ1n) is 7.16. The standard InChI is InChI=1S/C12H29BN4S/c1-8-14(9-2)13(15(10-3)11-4)17-16(18-17)12(5,6)7/h8-11H2,1-7H3. The number of hydrogen-bond acceptors (Lipinski definition) is 3. The van der Waals surface area contributed by atoms with Gasteiger partial charge in [0.2, 0.25) is 0 Å². The van der Waals surface area contributed by atoms with Crippen LogP contribution in [-0.2, 0) is 5.54 Å². The normalized spacial score (nSPS) is 12.9. The molecule has 0 saturated heterocycles. The Morgan fingerprint density at radius 2 is 1.28 bits per heavy atom. The van der Waals surface area contributed by atoms with Crippen LogP contribution in [0.2, 0.25) is 0 Å². The zero-order valence-electron chi connectivity index (χ0n) is 13.1. The van der Waals surface area contributed by atoms with E-state index in [1.807, 2.05) is 11.7 Å². The SMILES string of the molecule is CCN(CC)B(N(CC)CC)n1sn1C(C)(C)C. The minimum atomic E-state index is 0.198. The fourth-order valence-electron chi connectivity index (χ4n) is 2.23. The first kappa shape index (κ1) is 15.9. The van der Waals surface area contributed by atoms with Crippen LogP contribution >= 0.6 is 11.7 Å². The Bertz CT molecular complexity index is 316. The lowest BCUT2D eigenvalue weighted by atomic mass is 9.87. The van der Waals surface area contributed by atoms with Crippen molar-refractivity contribution in [2.45, 2.75) is 54.0 Å². The molecular weight excluding hydrogens is 243 g/mol. The van der Waals surface area contributed by atoms with Gasteiger partial charge in [-0.3, -0.25) is 0 Å². The van der Waals surface area contributed by atoms with Gasteiger partial charge in [-0.2, -0.15) is 0 Å². The molecule has 0 radical (unpaired) electrons. The molecule has 0 fully saturated rings. The Morgan fingerprint density at radius 1 is 0.889 bits per heavy atom. The molecule has 0 bridgehead atoms. The third-order valence-electron chi connectivity index (χ3n) is 3.36. The zero-order valence-corrected chi connectivity index (χ0v) is 13.9. The summed E-state index contributed by atoms with van der Waals surface area (Å²) in [5, 5.41) is 0. The molecule has 0 amide bonds. The van der Waals surface area contributed by atoms with E-state index in [0.29, 0.717) is 7.12 Å². The van der Waals surface area contributed by atoms with E-state index < -0.39 is 0 Å². The second kappa shape index (κ2) is 6.30. The maximum Gasteiger partial charge on any atom is 0.470 e. The number of aromatic nitrogens is 2. The Balaban J connectivity index is 2.94. The Labute approximate surface area is 117 Å². The number of rotatable bonds is 7.